The minimum atomic E-state index is -0.619. The predicted octanol–water partition coefficient (Wildman–Crippen LogP) is 1.86. The van der Waals surface area contributed by atoms with E-state index in [1.165, 1.54) is 14.2 Å². The molecule has 4 N–H and O–H groups in total. The third-order valence-corrected chi connectivity index (χ3v) is 4.79. The van der Waals surface area contributed by atoms with Gasteiger partial charge in [0.05, 0.1) is 38.0 Å². The zero-order valence-electron chi connectivity index (χ0n) is 17.6. The van der Waals surface area contributed by atoms with E-state index in [1.807, 2.05) is 0 Å². The second-order valence-electron chi connectivity index (χ2n) is 6.81. The first-order valence-electron chi connectivity index (χ1n) is 9.86. The van der Waals surface area contributed by atoms with Crippen LogP contribution in [0.3, 0.4) is 0 Å². The number of aromatic nitrogens is 2. The Morgan fingerprint density at radius 3 is 2.71 bits per heavy atom. The Morgan fingerprint density at radius 2 is 2.03 bits per heavy atom. The van der Waals surface area contributed by atoms with E-state index >= 15 is 0 Å². The van der Waals surface area contributed by atoms with Gasteiger partial charge in [0.25, 0.3) is 0 Å². The Hall–Kier alpha value is -3.38. The molecule has 1 saturated heterocycles. The maximum Gasteiger partial charge on any atom is 0.353 e. The summed E-state index contributed by atoms with van der Waals surface area (Å²) in [6.07, 6.45) is 0.854. The SMILES string of the molecule is COc1ccc(OC)c(Nc2nc(NCCCN3CCOCC3)nc(N)c2[N+](=O)[O-])c1. The number of rotatable bonds is 10. The van der Waals surface area contributed by atoms with Crippen LogP contribution >= 0.6 is 0 Å². The highest BCUT2D eigenvalue weighted by Crippen LogP contribution is 2.36. The third-order valence-electron chi connectivity index (χ3n) is 4.79. The van der Waals surface area contributed by atoms with Gasteiger partial charge in [-0.1, -0.05) is 0 Å². The summed E-state index contributed by atoms with van der Waals surface area (Å²) in [4.78, 5) is 21.6. The van der Waals surface area contributed by atoms with Gasteiger partial charge in [-0.2, -0.15) is 9.97 Å². The number of hydrogen-bond donors (Lipinski definition) is 3. The fourth-order valence-corrected chi connectivity index (χ4v) is 3.19. The molecule has 0 radical (unpaired) electrons. The predicted molar refractivity (Wildman–Crippen MR) is 116 cm³/mol. The van der Waals surface area contributed by atoms with Crippen molar-refractivity contribution in [3.63, 3.8) is 0 Å². The van der Waals surface area contributed by atoms with Gasteiger partial charge in [-0.3, -0.25) is 15.0 Å². The van der Waals surface area contributed by atoms with Crippen molar-refractivity contribution in [2.24, 2.45) is 0 Å². The molecule has 1 aromatic carbocycles. The molecule has 31 heavy (non-hydrogen) atoms. The number of hydrogen-bond acceptors (Lipinski definition) is 11. The van der Waals surface area contributed by atoms with Crippen LogP contribution in [-0.2, 0) is 4.74 Å². The van der Waals surface area contributed by atoms with Gasteiger partial charge < -0.3 is 30.6 Å². The van der Waals surface area contributed by atoms with E-state index in [1.54, 1.807) is 18.2 Å². The van der Waals surface area contributed by atoms with E-state index in [2.05, 4.69) is 25.5 Å². The average molecular weight is 433 g/mol. The lowest BCUT2D eigenvalue weighted by molar-refractivity contribution is -0.383. The number of methoxy groups -OCH3 is 2. The second kappa shape index (κ2) is 10.6. The van der Waals surface area contributed by atoms with Crippen LogP contribution in [-0.4, -0.2) is 73.4 Å². The molecule has 2 heterocycles. The monoisotopic (exact) mass is 433 g/mol. The molecule has 0 spiro atoms. The molecule has 1 aliphatic heterocycles. The maximum atomic E-state index is 11.6. The van der Waals surface area contributed by atoms with Crippen LogP contribution in [0.5, 0.6) is 11.5 Å². The summed E-state index contributed by atoms with van der Waals surface area (Å²) in [6.45, 7) is 4.83. The first-order chi connectivity index (χ1) is 15.0. The highest BCUT2D eigenvalue weighted by molar-refractivity contribution is 5.77. The van der Waals surface area contributed by atoms with Gasteiger partial charge >= 0.3 is 5.69 Å². The minimum Gasteiger partial charge on any atom is -0.497 e. The maximum absolute atomic E-state index is 11.6. The topological polar surface area (TPSA) is 150 Å². The van der Waals surface area contributed by atoms with Gasteiger partial charge in [0.1, 0.15) is 11.5 Å². The van der Waals surface area contributed by atoms with Crippen molar-refractivity contribution >= 4 is 29.0 Å². The Bertz CT molecular complexity index is 905. The van der Waals surface area contributed by atoms with E-state index in [0.29, 0.717) is 23.7 Å². The van der Waals surface area contributed by atoms with Crippen LogP contribution < -0.4 is 25.8 Å². The Morgan fingerprint density at radius 1 is 1.26 bits per heavy atom. The fraction of sp³-hybridized carbons (Fsp3) is 0.474. The van der Waals surface area contributed by atoms with Crippen LogP contribution in [0.25, 0.3) is 0 Å². The average Bonchev–Trinajstić information content (AvgIpc) is 2.77. The number of benzene rings is 1. The largest absolute Gasteiger partial charge is 0.497 e. The Kier molecular flexibility index (Phi) is 7.62. The van der Waals surface area contributed by atoms with E-state index in [9.17, 15) is 10.1 Å². The van der Waals surface area contributed by atoms with Crippen LogP contribution in [0, 0.1) is 10.1 Å². The van der Waals surface area contributed by atoms with Gasteiger partial charge in [0, 0.05) is 25.7 Å². The molecular formula is C19H27N7O5. The number of morpholine rings is 1. The van der Waals surface area contributed by atoms with Gasteiger partial charge in [0.15, 0.2) is 0 Å². The summed E-state index contributed by atoms with van der Waals surface area (Å²) >= 11 is 0. The first-order valence-corrected chi connectivity index (χ1v) is 9.86. The highest BCUT2D eigenvalue weighted by Gasteiger charge is 2.24. The molecule has 3 rings (SSSR count). The van der Waals surface area contributed by atoms with Crippen molar-refractivity contribution in [2.75, 3.05) is 70.0 Å². The minimum absolute atomic E-state index is 0.0419. The summed E-state index contributed by atoms with van der Waals surface area (Å²) in [6, 6.07) is 5.05. The van der Waals surface area contributed by atoms with E-state index < -0.39 is 10.6 Å². The standard InChI is InChI=1S/C19H27N7O5/c1-29-13-4-5-15(30-2)14(12-13)22-18-16(26(27)28)17(20)23-19(24-18)21-6-3-7-25-8-10-31-11-9-25/h4-5,12H,3,6-11H2,1-2H3,(H4,20,21,22,23,24). The molecule has 12 heteroatoms. The van der Waals surface area contributed by atoms with Crippen molar-refractivity contribution in [3.05, 3.63) is 28.3 Å². The first kappa shape index (κ1) is 22.3. The molecule has 0 atom stereocenters. The third kappa shape index (κ3) is 5.83. The number of ether oxygens (including phenoxy) is 3. The number of nitro groups is 1. The van der Waals surface area contributed by atoms with E-state index in [4.69, 9.17) is 19.9 Å². The number of nitrogen functional groups attached to an aromatic ring is 1. The molecule has 0 bridgehead atoms. The molecule has 1 aromatic heterocycles. The number of nitrogens with two attached hydrogens (primary N) is 1. The summed E-state index contributed by atoms with van der Waals surface area (Å²) < 4.78 is 15.9. The van der Waals surface area contributed by atoms with E-state index in [0.717, 1.165) is 39.3 Å². The van der Waals surface area contributed by atoms with Crippen molar-refractivity contribution in [3.8, 4) is 11.5 Å². The van der Waals surface area contributed by atoms with E-state index in [-0.39, 0.29) is 17.6 Å². The number of anilines is 4. The Labute approximate surface area is 179 Å². The lowest BCUT2D eigenvalue weighted by atomic mass is 10.2. The zero-order chi connectivity index (χ0) is 22.2. The van der Waals surface area contributed by atoms with Gasteiger partial charge in [-0.05, 0) is 25.1 Å². The number of nitrogens with zero attached hydrogens (tertiary/aromatic N) is 4. The van der Waals surface area contributed by atoms with Gasteiger partial charge in [-0.15, -0.1) is 0 Å². The lowest BCUT2D eigenvalue weighted by Crippen LogP contribution is -2.37. The van der Waals surface area contributed by atoms with Crippen LogP contribution in [0.15, 0.2) is 18.2 Å². The van der Waals surface area contributed by atoms with Crippen molar-refractivity contribution < 1.29 is 19.1 Å². The summed E-state index contributed by atoms with van der Waals surface area (Å²) in [5, 5.41) is 17.6. The molecule has 0 aliphatic carbocycles. The molecule has 0 saturated carbocycles. The molecule has 0 amide bonds. The number of nitrogens with one attached hydrogen (secondary N) is 2. The zero-order valence-corrected chi connectivity index (χ0v) is 17.6. The van der Waals surface area contributed by atoms with Crippen LogP contribution in [0.4, 0.5) is 29.0 Å². The van der Waals surface area contributed by atoms with Crippen LogP contribution in [0.2, 0.25) is 0 Å². The van der Waals surface area contributed by atoms with Crippen molar-refractivity contribution in [1.82, 2.24) is 14.9 Å². The van der Waals surface area contributed by atoms with Crippen molar-refractivity contribution in [2.45, 2.75) is 6.42 Å². The van der Waals surface area contributed by atoms with Crippen LogP contribution in [0.1, 0.15) is 6.42 Å². The molecule has 0 unspecified atom stereocenters. The summed E-state index contributed by atoms with van der Waals surface area (Å²) in [7, 11) is 3.02. The summed E-state index contributed by atoms with van der Waals surface area (Å²) in [5.74, 6) is 0.941. The summed E-state index contributed by atoms with van der Waals surface area (Å²) in [5.41, 5.74) is 5.91. The highest BCUT2D eigenvalue weighted by atomic mass is 16.6. The molecular weight excluding hydrogens is 406 g/mol. The normalized spacial score (nSPS) is 14.1. The molecule has 1 fully saturated rings. The fourth-order valence-electron chi connectivity index (χ4n) is 3.19. The van der Waals surface area contributed by atoms with Gasteiger partial charge in [0.2, 0.25) is 17.6 Å². The Balaban J connectivity index is 1.75. The molecule has 2 aromatic rings. The smallest absolute Gasteiger partial charge is 0.353 e. The molecule has 168 valence electrons. The van der Waals surface area contributed by atoms with Gasteiger partial charge in [-0.25, -0.2) is 0 Å². The molecule has 1 aliphatic rings. The lowest BCUT2D eigenvalue weighted by Gasteiger charge is -2.26. The quantitative estimate of drug-likeness (QED) is 0.286. The second-order valence-corrected chi connectivity index (χ2v) is 6.81. The molecule has 12 nitrogen and oxygen atoms in total. The van der Waals surface area contributed by atoms with Crippen molar-refractivity contribution in [1.29, 1.82) is 0 Å².